The summed E-state index contributed by atoms with van der Waals surface area (Å²) in [4.78, 5) is 26.1. The van der Waals surface area contributed by atoms with E-state index < -0.39 is 0 Å². The predicted molar refractivity (Wildman–Crippen MR) is 50.9 cm³/mol. The molecule has 0 aliphatic carbocycles. The van der Waals surface area contributed by atoms with Crippen LogP contribution in [0, 0.1) is 0 Å². The van der Waals surface area contributed by atoms with E-state index in [1.165, 1.54) is 6.07 Å². The smallest absolute Gasteiger partial charge is 0.268 e. The van der Waals surface area contributed by atoms with Crippen molar-refractivity contribution in [3.8, 4) is 11.1 Å². The van der Waals surface area contributed by atoms with Crippen molar-refractivity contribution in [3.63, 3.8) is 0 Å². The normalized spacial score (nSPS) is 10.0. The van der Waals surface area contributed by atoms with Crippen LogP contribution >= 0.6 is 0 Å². The van der Waals surface area contributed by atoms with Gasteiger partial charge in [-0.15, -0.1) is 0 Å². The standard InChI is InChI=1S/C9H7N3O2/c13-8-5-7(9(14)12-11-8)6-1-3-10-4-2-6/h1-5H,(H,11,13)(H,12,14). The molecule has 0 aliphatic heterocycles. The van der Waals surface area contributed by atoms with Gasteiger partial charge in [-0.3, -0.25) is 24.8 Å². The van der Waals surface area contributed by atoms with Gasteiger partial charge in [-0.05, 0) is 17.7 Å². The summed E-state index contributed by atoms with van der Waals surface area (Å²) in [6, 6.07) is 4.60. The van der Waals surface area contributed by atoms with Gasteiger partial charge in [-0.25, -0.2) is 0 Å². The van der Waals surface area contributed by atoms with Crippen molar-refractivity contribution >= 4 is 0 Å². The molecule has 2 N–H and O–H groups in total. The lowest BCUT2D eigenvalue weighted by molar-refractivity contribution is 0.955. The Balaban J connectivity index is 2.69. The van der Waals surface area contributed by atoms with Crippen LogP contribution in [0.3, 0.4) is 0 Å². The summed E-state index contributed by atoms with van der Waals surface area (Å²) < 4.78 is 0. The highest BCUT2D eigenvalue weighted by molar-refractivity contribution is 5.60. The largest absolute Gasteiger partial charge is 0.270 e. The van der Waals surface area contributed by atoms with Crippen LogP contribution in [0.1, 0.15) is 0 Å². The number of hydrogen-bond donors (Lipinski definition) is 2. The second-order valence-electron chi connectivity index (χ2n) is 2.74. The Hall–Kier alpha value is -2.17. The molecule has 0 saturated heterocycles. The third-order valence-electron chi connectivity index (χ3n) is 1.81. The summed E-state index contributed by atoms with van der Waals surface area (Å²) in [6.07, 6.45) is 3.13. The molecule has 2 aromatic heterocycles. The Bertz CT molecular complexity index is 542. The summed E-state index contributed by atoms with van der Waals surface area (Å²) in [5.41, 5.74) is 0.357. The molecule has 0 radical (unpaired) electrons. The SMILES string of the molecule is O=c1cc(-c2ccncc2)c(=O)[nH][nH]1. The van der Waals surface area contributed by atoms with Gasteiger partial charge >= 0.3 is 0 Å². The molecule has 0 unspecified atom stereocenters. The Morgan fingerprint density at radius 1 is 1.07 bits per heavy atom. The maximum atomic E-state index is 11.3. The molecule has 0 aromatic carbocycles. The quantitative estimate of drug-likeness (QED) is 0.669. The monoisotopic (exact) mass is 189 g/mol. The molecule has 0 bridgehead atoms. The van der Waals surface area contributed by atoms with E-state index in [4.69, 9.17) is 0 Å². The number of nitrogens with zero attached hydrogens (tertiary/aromatic N) is 1. The second-order valence-corrected chi connectivity index (χ2v) is 2.74. The van der Waals surface area contributed by atoms with Crippen LogP contribution in [-0.2, 0) is 0 Å². The summed E-state index contributed by atoms with van der Waals surface area (Å²) >= 11 is 0. The molecule has 70 valence electrons. The Labute approximate surface area is 78.4 Å². The van der Waals surface area contributed by atoms with Gasteiger partial charge in [-0.2, -0.15) is 0 Å². The van der Waals surface area contributed by atoms with Crippen LogP contribution in [0.4, 0.5) is 0 Å². The number of rotatable bonds is 1. The van der Waals surface area contributed by atoms with Crippen molar-refractivity contribution in [2.45, 2.75) is 0 Å². The minimum Gasteiger partial charge on any atom is -0.268 e. The van der Waals surface area contributed by atoms with E-state index in [-0.39, 0.29) is 11.1 Å². The molecule has 2 aromatic rings. The number of pyridine rings is 1. The number of H-pyrrole nitrogens is 2. The van der Waals surface area contributed by atoms with Crippen LogP contribution in [0.15, 0.2) is 40.2 Å². The predicted octanol–water partition coefficient (Wildman–Crippen LogP) is 0.125. The van der Waals surface area contributed by atoms with Crippen LogP contribution in [-0.4, -0.2) is 15.2 Å². The average molecular weight is 189 g/mol. The van der Waals surface area contributed by atoms with E-state index in [9.17, 15) is 9.59 Å². The van der Waals surface area contributed by atoms with Crippen molar-refractivity contribution in [1.29, 1.82) is 0 Å². The molecule has 0 atom stereocenters. The van der Waals surface area contributed by atoms with Gasteiger partial charge < -0.3 is 0 Å². The fraction of sp³-hybridized carbons (Fsp3) is 0. The molecule has 2 rings (SSSR count). The first kappa shape index (κ1) is 8.43. The fourth-order valence-electron chi connectivity index (χ4n) is 1.16. The molecule has 5 heteroatoms. The van der Waals surface area contributed by atoms with Crippen molar-refractivity contribution in [2.75, 3.05) is 0 Å². The van der Waals surface area contributed by atoms with Gasteiger partial charge in [0.2, 0.25) is 0 Å². The minimum atomic E-state index is -0.337. The topological polar surface area (TPSA) is 78.6 Å². The van der Waals surface area contributed by atoms with Gasteiger partial charge in [0.25, 0.3) is 11.1 Å². The zero-order valence-corrected chi connectivity index (χ0v) is 7.15. The molecular formula is C9H7N3O2. The zero-order valence-electron chi connectivity index (χ0n) is 7.15. The summed E-state index contributed by atoms with van der Waals surface area (Å²) in [5.74, 6) is 0. The Morgan fingerprint density at radius 3 is 2.50 bits per heavy atom. The van der Waals surface area contributed by atoms with Crippen molar-refractivity contribution < 1.29 is 0 Å². The molecule has 0 fully saturated rings. The van der Waals surface area contributed by atoms with Gasteiger partial charge in [-0.1, -0.05) is 0 Å². The zero-order chi connectivity index (χ0) is 9.97. The fourth-order valence-corrected chi connectivity index (χ4v) is 1.16. The molecule has 0 amide bonds. The van der Waals surface area contributed by atoms with Crippen LogP contribution in [0.25, 0.3) is 11.1 Å². The van der Waals surface area contributed by atoms with Gasteiger partial charge in [0.15, 0.2) is 0 Å². The number of nitrogens with one attached hydrogen (secondary N) is 2. The van der Waals surface area contributed by atoms with E-state index in [0.717, 1.165) is 0 Å². The van der Waals surface area contributed by atoms with Crippen LogP contribution < -0.4 is 11.1 Å². The van der Waals surface area contributed by atoms with Gasteiger partial charge in [0.1, 0.15) is 0 Å². The highest BCUT2D eigenvalue weighted by Gasteiger charge is 2.02. The maximum absolute atomic E-state index is 11.3. The third-order valence-corrected chi connectivity index (χ3v) is 1.81. The Morgan fingerprint density at radius 2 is 1.79 bits per heavy atom. The average Bonchev–Trinajstić information content (AvgIpc) is 2.23. The highest BCUT2D eigenvalue weighted by Crippen LogP contribution is 2.10. The number of aromatic amines is 2. The second kappa shape index (κ2) is 3.29. The lowest BCUT2D eigenvalue weighted by Crippen LogP contribution is -2.19. The highest BCUT2D eigenvalue weighted by atomic mass is 16.1. The molecule has 0 saturated carbocycles. The first-order valence-corrected chi connectivity index (χ1v) is 4.00. The maximum Gasteiger partial charge on any atom is 0.270 e. The molecule has 0 aliphatic rings. The lowest BCUT2D eigenvalue weighted by atomic mass is 10.1. The summed E-state index contributed by atoms with van der Waals surface area (Å²) in [6.45, 7) is 0. The van der Waals surface area contributed by atoms with Crippen molar-refractivity contribution in [3.05, 3.63) is 51.3 Å². The van der Waals surface area contributed by atoms with E-state index in [2.05, 4.69) is 15.2 Å². The van der Waals surface area contributed by atoms with Crippen LogP contribution in [0.2, 0.25) is 0 Å². The van der Waals surface area contributed by atoms with Crippen LogP contribution in [0.5, 0.6) is 0 Å². The first-order chi connectivity index (χ1) is 6.77. The third kappa shape index (κ3) is 1.47. The first-order valence-electron chi connectivity index (χ1n) is 4.00. The van der Waals surface area contributed by atoms with E-state index >= 15 is 0 Å². The molecule has 2 heterocycles. The molecule has 14 heavy (non-hydrogen) atoms. The van der Waals surface area contributed by atoms with Crippen molar-refractivity contribution in [1.82, 2.24) is 15.2 Å². The molecular weight excluding hydrogens is 182 g/mol. The molecule has 5 nitrogen and oxygen atoms in total. The van der Waals surface area contributed by atoms with Crippen molar-refractivity contribution in [2.24, 2.45) is 0 Å². The Kier molecular flexibility index (Phi) is 1.98. The van der Waals surface area contributed by atoms with E-state index in [0.29, 0.717) is 11.1 Å². The molecule has 0 spiro atoms. The van der Waals surface area contributed by atoms with Gasteiger partial charge in [0, 0.05) is 18.5 Å². The number of aromatic nitrogens is 3. The number of hydrogen-bond acceptors (Lipinski definition) is 3. The summed E-state index contributed by atoms with van der Waals surface area (Å²) in [5, 5.41) is 4.45. The minimum absolute atomic E-state index is 0.323. The van der Waals surface area contributed by atoms with E-state index in [1.807, 2.05) is 0 Å². The summed E-state index contributed by atoms with van der Waals surface area (Å²) in [7, 11) is 0. The van der Waals surface area contributed by atoms with E-state index in [1.54, 1.807) is 24.5 Å². The van der Waals surface area contributed by atoms with Gasteiger partial charge in [0.05, 0.1) is 5.56 Å². The lowest BCUT2D eigenvalue weighted by Gasteiger charge is -1.97.